The molecule has 21 heavy (non-hydrogen) atoms. The topological polar surface area (TPSA) is 87.1 Å². The summed E-state index contributed by atoms with van der Waals surface area (Å²) in [5.41, 5.74) is 6.27. The fraction of sp³-hybridized carbons (Fsp3) is 0.214. The molecule has 108 valence electrons. The second-order valence-electron chi connectivity index (χ2n) is 4.42. The highest BCUT2D eigenvalue weighted by Crippen LogP contribution is 2.31. The van der Waals surface area contributed by atoms with Crippen molar-refractivity contribution >= 4 is 28.5 Å². The molecular weight excluding hydrogens is 292 g/mol. The summed E-state index contributed by atoms with van der Waals surface area (Å²) >= 11 is 6.09. The molecule has 0 aliphatic rings. The number of halogens is 1. The van der Waals surface area contributed by atoms with Crippen LogP contribution in [0.3, 0.4) is 0 Å². The minimum Gasteiger partial charge on any atom is -0.463 e. The molecule has 2 heterocycles. The van der Waals surface area contributed by atoms with Crippen LogP contribution in [0.4, 0.5) is 5.95 Å². The summed E-state index contributed by atoms with van der Waals surface area (Å²) in [6.45, 7) is 2.50. The fourth-order valence-corrected chi connectivity index (χ4v) is 2.10. The third-order valence-corrected chi connectivity index (χ3v) is 3.08. The first-order chi connectivity index (χ1) is 10.2. The Hall–Kier alpha value is -2.34. The second kappa shape index (κ2) is 5.57. The summed E-state index contributed by atoms with van der Waals surface area (Å²) < 4.78 is 11.1. The predicted octanol–water partition coefficient (Wildman–Crippen LogP) is 3.31. The van der Waals surface area contributed by atoms with E-state index in [0.717, 1.165) is 11.8 Å². The summed E-state index contributed by atoms with van der Waals surface area (Å²) in [4.78, 5) is 12.2. The minimum atomic E-state index is 0.0812. The number of aromatic nitrogens is 3. The quantitative estimate of drug-likeness (QED) is 0.795. The molecule has 0 radical (unpaired) electrons. The molecule has 3 rings (SSSR count). The van der Waals surface area contributed by atoms with Crippen molar-refractivity contribution < 1.29 is 9.15 Å². The van der Waals surface area contributed by atoms with Crippen molar-refractivity contribution in [2.75, 3.05) is 12.3 Å². The van der Waals surface area contributed by atoms with E-state index in [-0.39, 0.29) is 12.0 Å². The molecule has 2 aromatic heterocycles. The highest BCUT2D eigenvalue weighted by atomic mass is 35.5. The van der Waals surface area contributed by atoms with Gasteiger partial charge in [-0.2, -0.15) is 15.0 Å². The summed E-state index contributed by atoms with van der Waals surface area (Å²) in [6.07, 6.45) is 0.848. The van der Waals surface area contributed by atoms with Gasteiger partial charge in [0.15, 0.2) is 11.3 Å². The largest absolute Gasteiger partial charge is 0.463 e. The van der Waals surface area contributed by atoms with Gasteiger partial charge in [-0.3, -0.25) is 0 Å². The maximum Gasteiger partial charge on any atom is 0.321 e. The Morgan fingerprint density at radius 2 is 2.14 bits per heavy atom. The molecule has 0 bridgehead atoms. The fourth-order valence-electron chi connectivity index (χ4n) is 1.88. The van der Waals surface area contributed by atoms with Crippen LogP contribution in [0.2, 0.25) is 5.02 Å². The third kappa shape index (κ3) is 2.75. The van der Waals surface area contributed by atoms with Crippen molar-refractivity contribution in [3.8, 4) is 17.6 Å². The number of hydrogen-bond donors (Lipinski definition) is 1. The van der Waals surface area contributed by atoms with Gasteiger partial charge in [-0.05, 0) is 18.6 Å². The number of furan rings is 1. The predicted molar refractivity (Wildman–Crippen MR) is 80.2 cm³/mol. The lowest BCUT2D eigenvalue weighted by molar-refractivity contribution is 0.292. The number of rotatable bonds is 4. The number of nitrogens with two attached hydrogens (primary N) is 1. The second-order valence-corrected chi connectivity index (χ2v) is 4.82. The normalized spacial score (nSPS) is 11.0. The van der Waals surface area contributed by atoms with Gasteiger partial charge < -0.3 is 14.9 Å². The van der Waals surface area contributed by atoms with Crippen molar-refractivity contribution in [3.05, 3.63) is 29.3 Å². The van der Waals surface area contributed by atoms with Crippen LogP contribution in [0.15, 0.2) is 28.7 Å². The van der Waals surface area contributed by atoms with E-state index in [4.69, 9.17) is 26.5 Å². The summed E-state index contributed by atoms with van der Waals surface area (Å²) in [5, 5.41) is 1.40. The van der Waals surface area contributed by atoms with Gasteiger partial charge >= 0.3 is 6.01 Å². The van der Waals surface area contributed by atoms with E-state index >= 15 is 0 Å². The number of hydrogen-bond acceptors (Lipinski definition) is 6. The van der Waals surface area contributed by atoms with Gasteiger partial charge in [0.25, 0.3) is 0 Å². The number of fused-ring (bicyclic) bond motifs is 1. The molecule has 0 aliphatic carbocycles. The van der Waals surface area contributed by atoms with Gasteiger partial charge in [0.2, 0.25) is 11.8 Å². The number of benzene rings is 1. The van der Waals surface area contributed by atoms with Crippen molar-refractivity contribution in [3.63, 3.8) is 0 Å². The molecule has 3 aromatic rings. The van der Waals surface area contributed by atoms with Gasteiger partial charge in [-0.15, -0.1) is 0 Å². The smallest absolute Gasteiger partial charge is 0.321 e. The van der Waals surface area contributed by atoms with Crippen LogP contribution in [-0.2, 0) is 0 Å². The maximum atomic E-state index is 6.09. The van der Waals surface area contributed by atoms with Gasteiger partial charge in [-0.25, -0.2) is 0 Å². The Labute approximate surface area is 125 Å². The van der Waals surface area contributed by atoms with Gasteiger partial charge in [0.1, 0.15) is 0 Å². The van der Waals surface area contributed by atoms with Crippen molar-refractivity contribution in [1.82, 2.24) is 15.0 Å². The molecular formula is C14H13ClN4O2. The molecule has 0 saturated heterocycles. The summed E-state index contributed by atoms with van der Waals surface area (Å²) in [7, 11) is 0. The molecule has 0 amide bonds. The number of para-hydroxylation sites is 1. The van der Waals surface area contributed by atoms with Crippen molar-refractivity contribution in [2.45, 2.75) is 13.3 Å². The first-order valence-corrected chi connectivity index (χ1v) is 6.88. The first kappa shape index (κ1) is 13.6. The van der Waals surface area contributed by atoms with E-state index in [2.05, 4.69) is 15.0 Å². The van der Waals surface area contributed by atoms with Crippen LogP contribution in [-0.4, -0.2) is 21.6 Å². The lowest BCUT2D eigenvalue weighted by atomic mass is 10.2. The molecule has 0 atom stereocenters. The Morgan fingerprint density at radius 1 is 1.29 bits per heavy atom. The van der Waals surface area contributed by atoms with Crippen molar-refractivity contribution in [1.29, 1.82) is 0 Å². The number of ether oxygens (including phenoxy) is 1. The van der Waals surface area contributed by atoms with Crippen LogP contribution in [0.1, 0.15) is 13.3 Å². The highest BCUT2D eigenvalue weighted by Gasteiger charge is 2.14. The summed E-state index contributed by atoms with van der Waals surface area (Å²) in [6, 6.07) is 7.49. The van der Waals surface area contributed by atoms with Crippen LogP contribution in [0.5, 0.6) is 6.01 Å². The molecule has 0 fully saturated rings. The Kier molecular flexibility index (Phi) is 3.62. The lowest BCUT2D eigenvalue weighted by Crippen LogP contribution is -2.05. The van der Waals surface area contributed by atoms with Crippen LogP contribution in [0, 0.1) is 0 Å². The lowest BCUT2D eigenvalue weighted by Gasteiger charge is -2.04. The molecule has 7 heteroatoms. The zero-order chi connectivity index (χ0) is 14.8. The Morgan fingerprint density at radius 3 is 2.90 bits per heavy atom. The zero-order valence-corrected chi connectivity index (χ0v) is 12.1. The van der Waals surface area contributed by atoms with E-state index in [1.807, 2.05) is 19.1 Å². The average Bonchev–Trinajstić information content (AvgIpc) is 2.90. The first-order valence-electron chi connectivity index (χ1n) is 6.50. The summed E-state index contributed by atoms with van der Waals surface area (Å²) in [5.74, 6) is 0.868. The molecule has 0 unspecified atom stereocenters. The van der Waals surface area contributed by atoms with E-state index in [0.29, 0.717) is 28.8 Å². The molecule has 0 spiro atoms. The van der Waals surface area contributed by atoms with Crippen LogP contribution < -0.4 is 10.5 Å². The maximum absolute atomic E-state index is 6.09. The van der Waals surface area contributed by atoms with E-state index in [1.54, 1.807) is 12.1 Å². The zero-order valence-electron chi connectivity index (χ0n) is 11.3. The number of nitrogens with zero attached hydrogens (tertiary/aromatic N) is 3. The number of anilines is 1. The van der Waals surface area contributed by atoms with Crippen molar-refractivity contribution in [2.24, 2.45) is 0 Å². The van der Waals surface area contributed by atoms with E-state index in [1.165, 1.54) is 0 Å². The van der Waals surface area contributed by atoms with E-state index < -0.39 is 0 Å². The SMILES string of the molecule is CCCOc1nc(N)nc(-c2cc3cccc(Cl)c3o2)n1. The van der Waals surface area contributed by atoms with Gasteiger partial charge in [0.05, 0.1) is 11.6 Å². The molecule has 2 N–H and O–H groups in total. The Balaban J connectivity index is 2.05. The van der Waals surface area contributed by atoms with Crippen LogP contribution in [0.25, 0.3) is 22.6 Å². The average molecular weight is 305 g/mol. The highest BCUT2D eigenvalue weighted by molar-refractivity contribution is 6.34. The number of nitrogen functional groups attached to an aromatic ring is 1. The molecule has 0 saturated carbocycles. The molecule has 1 aromatic carbocycles. The monoisotopic (exact) mass is 304 g/mol. The van der Waals surface area contributed by atoms with Gasteiger partial charge in [-0.1, -0.05) is 30.7 Å². The third-order valence-electron chi connectivity index (χ3n) is 2.78. The molecule has 0 aliphatic heterocycles. The standard InChI is InChI=1S/C14H13ClN4O2/c1-2-6-20-14-18-12(17-13(16)19-14)10-7-8-4-3-5-9(15)11(8)21-10/h3-5,7H,2,6H2,1H3,(H2,16,17,18,19). The van der Waals surface area contributed by atoms with E-state index in [9.17, 15) is 0 Å². The van der Waals surface area contributed by atoms with Gasteiger partial charge in [0, 0.05) is 5.39 Å². The molecule has 6 nitrogen and oxygen atoms in total. The Bertz CT molecular complexity index is 788. The van der Waals surface area contributed by atoms with Crippen LogP contribution >= 0.6 is 11.6 Å². The minimum absolute atomic E-state index is 0.0812.